The van der Waals surface area contributed by atoms with Crippen LogP contribution in [0.4, 0.5) is 29.1 Å². The first-order chi connectivity index (χ1) is 19.8. The largest absolute Gasteiger partial charge is 0.341 e. The van der Waals surface area contributed by atoms with Crippen LogP contribution < -0.4 is 9.80 Å². The Kier molecular flexibility index (Phi) is 7.65. The molecule has 0 N–H and O–H groups in total. The van der Waals surface area contributed by atoms with Crippen molar-refractivity contribution in [1.29, 1.82) is 0 Å². The second-order valence-electron chi connectivity index (χ2n) is 11.4. The number of likely N-dealkylation sites (N-methyl/N-ethyl adjacent to an activating group) is 1. The topological polar surface area (TPSA) is 70.6 Å². The summed E-state index contributed by atoms with van der Waals surface area (Å²) in [5.74, 6) is -6.19. The normalized spacial score (nSPS) is 19.4. The molecule has 0 bridgehead atoms. The van der Waals surface area contributed by atoms with Crippen molar-refractivity contribution < 1.29 is 36.4 Å². The van der Waals surface area contributed by atoms with Crippen molar-refractivity contribution in [2.24, 2.45) is 0 Å². The first kappa shape index (κ1) is 29.4. The number of anilines is 2. The molecule has 2 unspecified atom stereocenters. The monoisotopic (exact) mass is 583 g/mol. The highest BCUT2D eigenvalue weighted by molar-refractivity contribution is 6.10. The fourth-order valence-electron chi connectivity index (χ4n) is 5.78. The van der Waals surface area contributed by atoms with E-state index < -0.39 is 70.9 Å². The molecule has 3 amide bonds. The van der Waals surface area contributed by atoms with E-state index in [-0.39, 0.29) is 24.3 Å². The molecule has 42 heavy (non-hydrogen) atoms. The number of nitrogens with zero attached hydrogens (tertiary/aromatic N) is 4. The van der Waals surface area contributed by atoms with Gasteiger partial charge in [-0.2, -0.15) is 4.39 Å². The predicted molar refractivity (Wildman–Crippen MR) is 148 cm³/mol. The summed E-state index contributed by atoms with van der Waals surface area (Å²) in [5, 5.41) is 0. The van der Waals surface area contributed by atoms with Crippen LogP contribution in [0.1, 0.15) is 42.9 Å². The third-order valence-corrected chi connectivity index (χ3v) is 8.29. The zero-order valence-electron chi connectivity index (χ0n) is 23.4. The molecular formula is C31H31F4N4O3+. The Bertz CT molecular complexity index is 1540. The van der Waals surface area contributed by atoms with Crippen LogP contribution in [0.2, 0.25) is 0 Å². The minimum absolute atomic E-state index is 0.0344. The fraction of sp³-hybridized carbons (Fsp3) is 0.355. The van der Waals surface area contributed by atoms with Crippen molar-refractivity contribution in [2.75, 3.05) is 23.9 Å². The van der Waals surface area contributed by atoms with Gasteiger partial charge in [-0.05, 0) is 54.8 Å². The van der Waals surface area contributed by atoms with Gasteiger partial charge in [0, 0.05) is 12.1 Å². The summed E-state index contributed by atoms with van der Waals surface area (Å²) in [7, 11) is 3.06. The number of hydrogen-bond donors (Lipinski definition) is 0. The number of hydrogen-bond acceptors (Lipinski definition) is 4. The summed E-state index contributed by atoms with van der Waals surface area (Å²) in [4.78, 5) is 48.2. The Morgan fingerprint density at radius 2 is 1.71 bits per heavy atom. The van der Waals surface area contributed by atoms with E-state index in [4.69, 9.17) is 0 Å². The number of halogens is 4. The van der Waals surface area contributed by atoms with Crippen LogP contribution in [-0.4, -0.2) is 59.3 Å². The maximum Gasteiger partial charge on any atom is 0.341 e. The van der Waals surface area contributed by atoms with Gasteiger partial charge in [0.25, 0.3) is 11.8 Å². The van der Waals surface area contributed by atoms with Gasteiger partial charge in [0.15, 0.2) is 6.04 Å². The lowest BCUT2D eigenvalue weighted by atomic mass is 9.84. The van der Waals surface area contributed by atoms with Gasteiger partial charge in [-0.25, -0.2) is 22.9 Å². The van der Waals surface area contributed by atoms with E-state index in [1.807, 2.05) is 0 Å². The number of quaternary nitrogens is 1. The van der Waals surface area contributed by atoms with Crippen molar-refractivity contribution in [3.8, 4) is 0 Å². The van der Waals surface area contributed by atoms with E-state index in [9.17, 15) is 31.9 Å². The number of amides is 3. The molecule has 0 spiro atoms. The summed E-state index contributed by atoms with van der Waals surface area (Å²) >= 11 is 0. The number of aromatic nitrogens is 1. The Labute approximate surface area is 240 Å². The van der Waals surface area contributed by atoms with E-state index >= 15 is 0 Å². The number of alkyl halides is 2. The molecule has 2 fully saturated rings. The molecule has 2 heterocycles. The molecule has 3 aromatic rings. The van der Waals surface area contributed by atoms with Crippen molar-refractivity contribution >= 4 is 29.2 Å². The first-order valence-electron chi connectivity index (χ1n) is 13.6. The van der Waals surface area contributed by atoms with Gasteiger partial charge in [-0.3, -0.25) is 23.9 Å². The molecule has 5 rings (SSSR count). The molecular weight excluding hydrogens is 552 g/mol. The summed E-state index contributed by atoms with van der Waals surface area (Å²) in [6.45, 7) is 1.75. The van der Waals surface area contributed by atoms with Crippen LogP contribution in [-0.2, 0) is 14.4 Å². The van der Waals surface area contributed by atoms with Crippen molar-refractivity contribution in [3.05, 3.63) is 89.6 Å². The average molecular weight is 584 g/mol. The molecule has 0 radical (unpaired) electrons. The highest BCUT2D eigenvalue weighted by Crippen LogP contribution is 2.44. The highest BCUT2D eigenvalue weighted by atomic mass is 19.3. The number of carbonyl (C=O) groups is 3. The zero-order chi connectivity index (χ0) is 30.4. The average Bonchev–Trinajstić information content (AvgIpc) is 3.31. The van der Waals surface area contributed by atoms with Crippen molar-refractivity contribution in [2.45, 2.75) is 56.7 Å². The highest BCUT2D eigenvalue weighted by Gasteiger charge is 2.58. The van der Waals surface area contributed by atoms with Crippen molar-refractivity contribution in [3.63, 3.8) is 0 Å². The Morgan fingerprint density at radius 1 is 1.02 bits per heavy atom. The van der Waals surface area contributed by atoms with Gasteiger partial charge < -0.3 is 0 Å². The second-order valence-corrected chi connectivity index (χ2v) is 11.4. The maximum absolute atomic E-state index is 14.6. The van der Waals surface area contributed by atoms with Gasteiger partial charge in [-0.15, -0.1) is 0 Å². The molecule has 1 saturated carbocycles. The Morgan fingerprint density at radius 3 is 2.36 bits per heavy atom. The van der Waals surface area contributed by atoms with Gasteiger partial charge in [0.2, 0.25) is 11.9 Å². The predicted octanol–water partition coefficient (Wildman–Crippen LogP) is 5.34. The summed E-state index contributed by atoms with van der Waals surface area (Å²) in [6, 6.07) is 12.7. The van der Waals surface area contributed by atoms with Crippen LogP contribution in [0.25, 0.3) is 0 Å². The lowest BCUT2D eigenvalue weighted by molar-refractivity contribution is -0.852. The number of pyridine rings is 1. The number of benzene rings is 2. The van der Waals surface area contributed by atoms with Gasteiger partial charge in [0.1, 0.15) is 23.7 Å². The smallest absolute Gasteiger partial charge is 0.290 e. The molecule has 1 aromatic heterocycles. The molecule has 1 aliphatic carbocycles. The standard InChI is InChI=1S/C31H31F4N4O3/c1-19-8-4-5-11-23(19)28(30(42)39(2,3)22-17-31(34,35)18-22)37(21-10-6-9-20(32)16-21)29(41)24-14-15-27(40)38(24)26-13-7-12-25(33)36-26/h4-13,16,22,24,28H,14-15,17-18H2,1-3H3/q+1. The van der Waals surface area contributed by atoms with Crippen LogP contribution >= 0.6 is 0 Å². The second kappa shape index (κ2) is 10.9. The Hall–Kier alpha value is -4.12. The third kappa shape index (κ3) is 5.40. The minimum atomic E-state index is -2.89. The lowest BCUT2D eigenvalue weighted by Gasteiger charge is -2.47. The molecule has 7 nitrogen and oxygen atoms in total. The van der Waals surface area contributed by atoms with Crippen LogP contribution in [0.15, 0.2) is 66.7 Å². The van der Waals surface area contributed by atoms with Crippen LogP contribution in [0.3, 0.4) is 0 Å². The minimum Gasteiger partial charge on any atom is -0.290 e. The first-order valence-corrected chi connectivity index (χ1v) is 13.6. The van der Waals surface area contributed by atoms with Gasteiger partial charge in [0.05, 0.1) is 26.9 Å². The number of carbonyl (C=O) groups excluding carboxylic acids is 3. The zero-order valence-corrected chi connectivity index (χ0v) is 23.4. The molecule has 2 aromatic carbocycles. The fourth-order valence-corrected chi connectivity index (χ4v) is 5.78. The SMILES string of the molecule is Cc1ccccc1C(C(=O)[N+](C)(C)C1CC(F)(F)C1)N(C(=O)C1CCC(=O)N1c1cccc(F)n1)c1cccc(F)c1. The maximum atomic E-state index is 14.6. The van der Waals surface area contributed by atoms with E-state index in [2.05, 4.69) is 4.98 Å². The van der Waals surface area contributed by atoms with Gasteiger partial charge in [-0.1, -0.05) is 36.4 Å². The summed E-state index contributed by atoms with van der Waals surface area (Å²) in [5.41, 5.74) is 1.12. The van der Waals surface area contributed by atoms with E-state index in [1.54, 1.807) is 31.2 Å². The van der Waals surface area contributed by atoms with Gasteiger partial charge >= 0.3 is 5.91 Å². The quantitative estimate of drug-likeness (QED) is 0.214. The van der Waals surface area contributed by atoms with Crippen LogP contribution in [0, 0.1) is 18.7 Å². The number of aryl methyl sites for hydroxylation is 1. The molecule has 2 atom stereocenters. The molecule has 11 heteroatoms. The van der Waals surface area contributed by atoms with E-state index in [0.29, 0.717) is 11.1 Å². The van der Waals surface area contributed by atoms with E-state index in [0.717, 1.165) is 21.9 Å². The third-order valence-electron chi connectivity index (χ3n) is 8.29. The molecule has 220 valence electrons. The summed E-state index contributed by atoms with van der Waals surface area (Å²) < 4.78 is 56.1. The Balaban J connectivity index is 1.66. The molecule has 1 aliphatic heterocycles. The van der Waals surface area contributed by atoms with E-state index in [1.165, 1.54) is 44.4 Å². The van der Waals surface area contributed by atoms with Crippen molar-refractivity contribution in [1.82, 2.24) is 4.98 Å². The lowest BCUT2D eigenvalue weighted by Crippen LogP contribution is -2.65. The van der Waals surface area contributed by atoms with Crippen LogP contribution in [0.5, 0.6) is 0 Å². The molecule has 2 aliphatic rings. The molecule has 1 saturated heterocycles. The summed E-state index contributed by atoms with van der Waals surface area (Å²) in [6.07, 6.45) is -0.969. The number of rotatable bonds is 7.